The Bertz CT molecular complexity index is 427. The van der Waals surface area contributed by atoms with Gasteiger partial charge in [0.05, 0.1) is 0 Å². The lowest BCUT2D eigenvalue weighted by atomic mass is 10.2. The van der Waals surface area contributed by atoms with Crippen molar-refractivity contribution in [1.82, 2.24) is 10.3 Å². The van der Waals surface area contributed by atoms with E-state index in [-0.39, 0.29) is 5.91 Å². The molecule has 0 spiro atoms. The first-order chi connectivity index (χ1) is 8.69. The Kier molecular flexibility index (Phi) is 4.18. The van der Waals surface area contributed by atoms with Crippen LogP contribution in [0.4, 0.5) is 5.82 Å². The Morgan fingerprint density at radius 3 is 2.89 bits per heavy atom. The lowest BCUT2D eigenvalue weighted by Crippen LogP contribution is -2.25. The monoisotopic (exact) mass is 247 g/mol. The minimum absolute atomic E-state index is 0.000281. The molecule has 1 aliphatic rings. The molecular formula is C14H21N3O. The topological polar surface area (TPSA) is 54.0 Å². The van der Waals surface area contributed by atoms with Gasteiger partial charge in [-0.1, -0.05) is 12.8 Å². The third-order valence-electron chi connectivity index (χ3n) is 3.11. The minimum atomic E-state index is 0.000281. The Labute approximate surface area is 108 Å². The van der Waals surface area contributed by atoms with Crippen LogP contribution in [0, 0.1) is 12.8 Å². The average molecular weight is 247 g/mol. The maximum atomic E-state index is 12.0. The quantitative estimate of drug-likeness (QED) is 0.811. The van der Waals surface area contributed by atoms with Gasteiger partial charge in [0.15, 0.2) is 0 Å². The van der Waals surface area contributed by atoms with Crippen molar-refractivity contribution < 1.29 is 4.79 Å². The van der Waals surface area contributed by atoms with Gasteiger partial charge < -0.3 is 10.6 Å². The SMILES string of the molecule is CCNc1cc(C(=O)NCCC2CC2)cc(C)n1. The van der Waals surface area contributed by atoms with Crippen molar-refractivity contribution in [2.24, 2.45) is 5.92 Å². The number of anilines is 1. The van der Waals surface area contributed by atoms with Crippen LogP contribution >= 0.6 is 0 Å². The van der Waals surface area contributed by atoms with Crippen LogP contribution in [0.2, 0.25) is 0 Å². The summed E-state index contributed by atoms with van der Waals surface area (Å²) in [5.74, 6) is 1.62. The number of aromatic nitrogens is 1. The van der Waals surface area contributed by atoms with E-state index in [9.17, 15) is 4.79 Å². The second-order valence-corrected chi connectivity index (χ2v) is 4.90. The van der Waals surface area contributed by atoms with Gasteiger partial charge in [-0.15, -0.1) is 0 Å². The Hall–Kier alpha value is -1.58. The van der Waals surface area contributed by atoms with Crippen molar-refractivity contribution in [3.8, 4) is 0 Å². The predicted octanol–water partition coefficient (Wildman–Crippen LogP) is 2.35. The fourth-order valence-electron chi connectivity index (χ4n) is 1.97. The average Bonchev–Trinajstić information content (AvgIpc) is 3.12. The van der Waals surface area contributed by atoms with Gasteiger partial charge in [0, 0.05) is 24.3 Å². The van der Waals surface area contributed by atoms with E-state index in [0.29, 0.717) is 5.56 Å². The molecule has 0 bridgehead atoms. The maximum absolute atomic E-state index is 12.0. The zero-order valence-corrected chi connectivity index (χ0v) is 11.1. The van der Waals surface area contributed by atoms with Gasteiger partial charge in [0.1, 0.15) is 5.82 Å². The molecule has 0 radical (unpaired) electrons. The van der Waals surface area contributed by atoms with E-state index in [1.165, 1.54) is 12.8 Å². The van der Waals surface area contributed by atoms with Crippen LogP contribution in [-0.2, 0) is 0 Å². The molecule has 0 atom stereocenters. The third kappa shape index (κ3) is 3.72. The molecule has 1 aliphatic carbocycles. The molecule has 98 valence electrons. The molecule has 4 heteroatoms. The van der Waals surface area contributed by atoms with Crippen LogP contribution in [0.5, 0.6) is 0 Å². The van der Waals surface area contributed by atoms with Gasteiger partial charge in [-0.05, 0) is 38.3 Å². The third-order valence-corrected chi connectivity index (χ3v) is 3.11. The zero-order chi connectivity index (χ0) is 13.0. The van der Waals surface area contributed by atoms with Crippen molar-refractivity contribution >= 4 is 11.7 Å². The van der Waals surface area contributed by atoms with E-state index in [4.69, 9.17) is 0 Å². The number of hydrogen-bond acceptors (Lipinski definition) is 3. The van der Waals surface area contributed by atoms with Gasteiger partial charge in [-0.25, -0.2) is 4.98 Å². The molecular weight excluding hydrogens is 226 g/mol. The first-order valence-electron chi connectivity index (χ1n) is 6.69. The molecule has 1 heterocycles. The highest BCUT2D eigenvalue weighted by Crippen LogP contribution is 2.31. The van der Waals surface area contributed by atoms with E-state index in [1.807, 2.05) is 26.0 Å². The Morgan fingerprint density at radius 2 is 2.22 bits per heavy atom. The molecule has 1 saturated carbocycles. The minimum Gasteiger partial charge on any atom is -0.370 e. The van der Waals surface area contributed by atoms with Crippen molar-refractivity contribution in [2.45, 2.75) is 33.1 Å². The summed E-state index contributed by atoms with van der Waals surface area (Å²) in [7, 11) is 0. The summed E-state index contributed by atoms with van der Waals surface area (Å²) in [6.07, 6.45) is 3.76. The van der Waals surface area contributed by atoms with E-state index in [2.05, 4.69) is 15.6 Å². The molecule has 0 aliphatic heterocycles. The van der Waals surface area contributed by atoms with Crippen LogP contribution in [-0.4, -0.2) is 24.0 Å². The fraction of sp³-hybridized carbons (Fsp3) is 0.571. The zero-order valence-electron chi connectivity index (χ0n) is 11.1. The van der Waals surface area contributed by atoms with E-state index in [0.717, 1.165) is 36.9 Å². The second-order valence-electron chi connectivity index (χ2n) is 4.90. The van der Waals surface area contributed by atoms with E-state index in [1.54, 1.807) is 0 Å². The molecule has 2 rings (SSSR count). The molecule has 2 N–H and O–H groups in total. The molecule has 1 amide bonds. The molecule has 1 fully saturated rings. The number of hydrogen-bond donors (Lipinski definition) is 2. The maximum Gasteiger partial charge on any atom is 0.251 e. The Morgan fingerprint density at radius 1 is 1.44 bits per heavy atom. The molecule has 1 aromatic heterocycles. The number of nitrogens with zero attached hydrogens (tertiary/aromatic N) is 1. The normalized spacial score (nSPS) is 14.3. The standard InChI is InChI=1S/C14H21N3O/c1-3-15-13-9-12(8-10(2)17-13)14(18)16-7-6-11-4-5-11/h8-9,11H,3-7H2,1-2H3,(H,15,17)(H,16,18). The van der Waals surface area contributed by atoms with Crippen LogP contribution in [0.25, 0.3) is 0 Å². The summed E-state index contributed by atoms with van der Waals surface area (Å²) >= 11 is 0. The lowest BCUT2D eigenvalue weighted by molar-refractivity contribution is 0.0952. The number of aryl methyl sites for hydroxylation is 1. The first kappa shape index (κ1) is 12.9. The number of carbonyl (C=O) groups is 1. The number of nitrogens with one attached hydrogen (secondary N) is 2. The van der Waals surface area contributed by atoms with Crippen LogP contribution < -0.4 is 10.6 Å². The molecule has 0 unspecified atom stereocenters. The predicted molar refractivity (Wildman–Crippen MR) is 72.8 cm³/mol. The van der Waals surface area contributed by atoms with Crippen molar-refractivity contribution in [1.29, 1.82) is 0 Å². The number of carbonyl (C=O) groups excluding carboxylic acids is 1. The molecule has 18 heavy (non-hydrogen) atoms. The van der Waals surface area contributed by atoms with Crippen molar-refractivity contribution in [2.75, 3.05) is 18.4 Å². The first-order valence-corrected chi connectivity index (χ1v) is 6.69. The molecule has 4 nitrogen and oxygen atoms in total. The highest BCUT2D eigenvalue weighted by atomic mass is 16.1. The fourth-order valence-corrected chi connectivity index (χ4v) is 1.97. The largest absolute Gasteiger partial charge is 0.370 e. The van der Waals surface area contributed by atoms with E-state index >= 15 is 0 Å². The van der Waals surface area contributed by atoms with Crippen LogP contribution in [0.3, 0.4) is 0 Å². The highest BCUT2D eigenvalue weighted by molar-refractivity contribution is 5.94. The summed E-state index contributed by atoms with van der Waals surface area (Å²) in [4.78, 5) is 16.3. The van der Waals surface area contributed by atoms with Gasteiger partial charge >= 0.3 is 0 Å². The van der Waals surface area contributed by atoms with E-state index < -0.39 is 0 Å². The lowest BCUT2D eigenvalue weighted by Gasteiger charge is -2.08. The summed E-state index contributed by atoms with van der Waals surface area (Å²) in [5, 5.41) is 6.11. The van der Waals surface area contributed by atoms with Crippen LogP contribution in [0.1, 0.15) is 42.2 Å². The Balaban J connectivity index is 1.94. The molecule has 0 saturated heterocycles. The summed E-state index contributed by atoms with van der Waals surface area (Å²) < 4.78 is 0. The van der Waals surface area contributed by atoms with Gasteiger partial charge in [0.2, 0.25) is 0 Å². The summed E-state index contributed by atoms with van der Waals surface area (Å²) in [6.45, 7) is 5.50. The molecule has 0 aromatic carbocycles. The van der Waals surface area contributed by atoms with Gasteiger partial charge in [0.25, 0.3) is 5.91 Å². The number of amides is 1. The molecule has 1 aromatic rings. The number of pyridine rings is 1. The van der Waals surface area contributed by atoms with Crippen molar-refractivity contribution in [3.63, 3.8) is 0 Å². The van der Waals surface area contributed by atoms with Gasteiger partial charge in [-0.3, -0.25) is 4.79 Å². The highest BCUT2D eigenvalue weighted by Gasteiger charge is 2.20. The van der Waals surface area contributed by atoms with Gasteiger partial charge in [-0.2, -0.15) is 0 Å². The van der Waals surface area contributed by atoms with Crippen LogP contribution in [0.15, 0.2) is 12.1 Å². The smallest absolute Gasteiger partial charge is 0.251 e. The number of rotatable bonds is 6. The van der Waals surface area contributed by atoms with Crippen molar-refractivity contribution in [3.05, 3.63) is 23.4 Å². The summed E-state index contributed by atoms with van der Waals surface area (Å²) in [5.41, 5.74) is 1.55. The second kappa shape index (κ2) is 5.85. The summed E-state index contributed by atoms with van der Waals surface area (Å²) in [6, 6.07) is 3.64.